The first-order valence-electron chi connectivity index (χ1n) is 15.4. The van der Waals surface area contributed by atoms with Crippen LogP contribution in [-0.2, 0) is 14.3 Å². The van der Waals surface area contributed by atoms with E-state index in [4.69, 9.17) is 18.9 Å². The molecular weight excluding hydrogens is 605 g/mol. The third-order valence-corrected chi connectivity index (χ3v) is 8.59. The molecule has 2 aromatic heterocycles. The number of nitrogens with one attached hydrogen (secondary N) is 2. The SMILES string of the molecule is C=CC(=O)N1CCC(Nc2cc3c(Nc4ccc(Oc5ccnc(N6C[C@@H](OC)[C@H](OC)C6)c5)cc4F)ncnc3cc2OC)CC1. The molecule has 2 fully saturated rings. The lowest BCUT2D eigenvalue weighted by molar-refractivity contribution is -0.126. The van der Waals surface area contributed by atoms with Crippen LogP contribution in [0.15, 0.2) is 67.6 Å². The smallest absolute Gasteiger partial charge is 0.245 e. The number of rotatable bonds is 11. The number of hydrogen-bond acceptors (Lipinski definition) is 11. The van der Waals surface area contributed by atoms with Crippen molar-refractivity contribution in [3.05, 3.63) is 73.5 Å². The Morgan fingerprint density at radius 2 is 1.70 bits per heavy atom. The number of carbonyl (C=O) groups excluding carboxylic acids is 1. The van der Waals surface area contributed by atoms with Crippen LogP contribution in [0.1, 0.15) is 12.8 Å². The molecule has 0 radical (unpaired) electrons. The van der Waals surface area contributed by atoms with E-state index < -0.39 is 5.82 Å². The van der Waals surface area contributed by atoms with Crippen molar-refractivity contribution >= 4 is 39.8 Å². The summed E-state index contributed by atoms with van der Waals surface area (Å²) in [4.78, 5) is 29.1. The van der Waals surface area contributed by atoms with E-state index in [1.165, 1.54) is 18.5 Å². The van der Waals surface area contributed by atoms with Crippen molar-refractivity contribution in [2.45, 2.75) is 31.1 Å². The van der Waals surface area contributed by atoms with Crippen LogP contribution in [0.2, 0.25) is 0 Å². The van der Waals surface area contributed by atoms with Gasteiger partial charge in [-0.25, -0.2) is 19.3 Å². The molecule has 4 heterocycles. The van der Waals surface area contributed by atoms with Crippen LogP contribution < -0.4 is 25.0 Å². The largest absolute Gasteiger partial charge is 0.495 e. The fraction of sp³-hybridized carbons (Fsp3) is 0.353. The van der Waals surface area contributed by atoms with E-state index in [9.17, 15) is 4.79 Å². The molecule has 2 atom stereocenters. The summed E-state index contributed by atoms with van der Waals surface area (Å²) in [5, 5.41) is 7.36. The predicted octanol–water partition coefficient (Wildman–Crippen LogP) is 5.15. The Balaban J connectivity index is 1.17. The Labute approximate surface area is 272 Å². The Hall–Kier alpha value is -5.01. The maximum atomic E-state index is 15.4. The number of carbonyl (C=O) groups is 1. The second-order valence-corrected chi connectivity index (χ2v) is 11.4. The minimum absolute atomic E-state index is 0.0579. The Morgan fingerprint density at radius 1 is 0.957 bits per heavy atom. The molecule has 2 aliphatic rings. The lowest BCUT2D eigenvalue weighted by Gasteiger charge is -2.32. The number of hydrogen-bond donors (Lipinski definition) is 2. The number of fused-ring (bicyclic) bond motifs is 1. The second kappa shape index (κ2) is 14.2. The van der Waals surface area contributed by atoms with Gasteiger partial charge in [0.2, 0.25) is 5.91 Å². The molecule has 2 saturated heterocycles. The van der Waals surface area contributed by atoms with Crippen LogP contribution in [0.5, 0.6) is 17.2 Å². The highest BCUT2D eigenvalue weighted by Crippen LogP contribution is 2.35. The van der Waals surface area contributed by atoms with Gasteiger partial charge >= 0.3 is 0 Å². The van der Waals surface area contributed by atoms with Gasteiger partial charge < -0.3 is 39.4 Å². The summed E-state index contributed by atoms with van der Waals surface area (Å²) in [6.45, 7) is 6.13. The van der Waals surface area contributed by atoms with Gasteiger partial charge in [0, 0.05) is 76.2 Å². The molecule has 4 aromatic rings. The molecule has 12 nitrogen and oxygen atoms in total. The quantitative estimate of drug-likeness (QED) is 0.211. The molecule has 13 heteroatoms. The Kier molecular flexibility index (Phi) is 9.64. The zero-order valence-electron chi connectivity index (χ0n) is 26.6. The summed E-state index contributed by atoms with van der Waals surface area (Å²) in [7, 11) is 4.94. The first kappa shape index (κ1) is 32.0. The first-order chi connectivity index (χ1) is 22.9. The summed E-state index contributed by atoms with van der Waals surface area (Å²) < 4.78 is 38.2. The fourth-order valence-corrected chi connectivity index (χ4v) is 6.00. The number of piperidine rings is 1. The van der Waals surface area contributed by atoms with Crippen LogP contribution in [-0.4, -0.2) is 91.5 Å². The standard InChI is InChI=1S/C34H38FN7O5/c1-5-33(43)41-12-9-21(10-13-41)39-28-16-24-27(17-29(28)44-2)37-20-38-34(24)40-26-7-6-22(14-25(26)35)47-23-8-11-36-32(15-23)42-18-30(45-3)31(19-42)46-4/h5-8,11,14-17,20-21,30-31,39H,1,9-10,12-13,18-19H2,2-4H3,(H,37,38,40)/t30-,31-/m1/s1. The monoisotopic (exact) mass is 643 g/mol. The van der Waals surface area contributed by atoms with E-state index in [0.717, 1.165) is 24.3 Å². The van der Waals surface area contributed by atoms with Crippen molar-refractivity contribution in [1.29, 1.82) is 0 Å². The van der Waals surface area contributed by atoms with Crippen molar-refractivity contribution in [1.82, 2.24) is 19.9 Å². The summed E-state index contributed by atoms with van der Waals surface area (Å²) in [6, 6.07) is 12.0. The van der Waals surface area contributed by atoms with Gasteiger partial charge in [-0.3, -0.25) is 4.79 Å². The van der Waals surface area contributed by atoms with Crippen LogP contribution >= 0.6 is 0 Å². The maximum Gasteiger partial charge on any atom is 0.245 e. The third-order valence-electron chi connectivity index (χ3n) is 8.59. The minimum atomic E-state index is -0.512. The van der Waals surface area contributed by atoms with E-state index >= 15 is 4.39 Å². The Bertz CT molecular complexity index is 1740. The van der Waals surface area contributed by atoms with Crippen molar-refractivity contribution in [2.24, 2.45) is 0 Å². The number of anilines is 4. The number of benzene rings is 2. The van der Waals surface area contributed by atoms with Crippen LogP contribution in [0.3, 0.4) is 0 Å². The number of methoxy groups -OCH3 is 3. The molecule has 0 saturated carbocycles. The normalized spacial score (nSPS) is 18.3. The average Bonchev–Trinajstić information content (AvgIpc) is 3.53. The second-order valence-electron chi connectivity index (χ2n) is 11.4. The van der Waals surface area contributed by atoms with E-state index in [0.29, 0.717) is 60.1 Å². The summed E-state index contributed by atoms with van der Waals surface area (Å²) >= 11 is 0. The van der Waals surface area contributed by atoms with E-state index in [1.807, 2.05) is 18.2 Å². The molecule has 6 rings (SSSR count). The zero-order valence-corrected chi connectivity index (χ0v) is 26.6. The maximum absolute atomic E-state index is 15.4. The van der Waals surface area contributed by atoms with Crippen molar-refractivity contribution < 1.29 is 28.1 Å². The molecule has 0 spiro atoms. The Morgan fingerprint density at radius 3 is 2.38 bits per heavy atom. The highest BCUT2D eigenvalue weighted by molar-refractivity contribution is 5.95. The van der Waals surface area contributed by atoms with Crippen LogP contribution in [0.4, 0.5) is 27.4 Å². The molecule has 2 aromatic carbocycles. The van der Waals surface area contributed by atoms with Crippen molar-refractivity contribution in [2.75, 3.05) is 63.0 Å². The summed E-state index contributed by atoms with van der Waals surface area (Å²) in [5.41, 5.74) is 1.62. The minimum Gasteiger partial charge on any atom is -0.495 e. The van der Waals surface area contributed by atoms with Crippen LogP contribution in [0.25, 0.3) is 10.9 Å². The van der Waals surface area contributed by atoms with Crippen LogP contribution in [0, 0.1) is 5.82 Å². The predicted molar refractivity (Wildman–Crippen MR) is 177 cm³/mol. The highest BCUT2D eigenvalue weighted by atomic mass is 19.1. The lowest BCUT2D eigenvalue weighted by atomic mass is 10.0. The average molecular weight is 644 g/mol. The lowest BCUT2D eigenvalue weighted by Crippen LogP contribution is -2.41. The molecule has 246 valence electrons. The number of nitrogens with zero attached hydrogens (tertiary/aromatic N) is 5. The topological polar surface area (TPSA) is 123 Å². The van der Waals surface area contributed by atoms with Gasteiger partial charge in [0.1, 0.15) is 53.2 Å². The summed E-state index contributed by atoms with van der Waals surface area (Å²) in [5.74, 6) is 2.07. The molecule has 1 amide bonds. The molecule has 2 aliphatic heterocycles. The number of halogens is 1. The number of pyridine rings is 1. The van der Waals surface area contributed by atoms with E-state index in [2.05, 4.69) is 37.1 Å². The zero-order chi connectivity index (χ0) is 32.9. The third kappa shape index (κ3) is 7.05. The molecule has 0 bridgehead atoms. The molecule has 47 heavy (non-hydrogen) atoms. The number of amides is 1. The number of likely N-dealkylation sites (tertiary alicyclic amines) is 1. The number of aromatic nitrogens is 3. The van der Waals surface area contributed by atoms with E-state index in [-0.39, 0.29) is 29.8 Å². The fourth-order valence-electron chi connectivity index (χ4n) is 6.00. The highest BCUT2D eigenvalue weighted by Gasteiger charge is 2.33. The van der Waals surface area contributed by atoms with Gasteiger partial charge in [0.25, 0.3) is 0 Å². The van der Waals surface area contributed by atoms with Gasteiger partial charge in [-0.15, -0.1) is 0 Å². The van der Waals surface area contributed by atoms with Crippen molar-refractivity contribution in [3.63, 3.8) is 0 Å². The van der Waals surface area contributed by atoms with Gasteiger partial charge in [-0.05, 0) is 43.2 Å². The van der Waals surface area contributed by atoms with Gasteiger partial charge in [0.05, 0.1) is 24.0 Å². The first-order valence-corrected chi connectivity index (χ1v) is 15.4. The van der Waals surface area contributed by atoms with Gasteiger partial charge in [-0.1, -0.05) is 6.58 Å². The van der Waals surface area contributed by atoms with Gasteiger partial charge in [-0.2, -0.15) is 0 Å². The molecule has 0 unspecified atom stereocenters. The molecule has 2 N–H and O–H groups in total. The van der Waals surface area contributed by atoms with Gasteiger partial charge in [0.15, 0.2) is 0 Å². The number of ether oxygens (including phenoxy) is 4. The van der Waals surface area contributed by atoms with E-state index in [1.54, 1.807) is 50.6 Å². The molecular formula is C34H38FN7O5. The molecule has 0 aliphatic carbocycles. The van der Waals surface area contributed by atoms with Crippen molar-refractivity contribution in [3.8, 4) is 17.2 Å². The summed E-state index contributed by atoms with van der Waals surface area (Å²) in [6.07, 6.45) is 5.86.